The number of hydrogen-bond donors (Lipinski definition) is 7. The second kappa shape index (κ2) is 16.8. The van der Waals surface area contributed by atoms with Crippen molar-refractivity contribution in [2.24, 2.45) is 0 Å². The topological polar surface area (TPSA) is 388 Å². The van der Waals surface area contributed by atoms with Crippen LogP contribution >= 0.6 is 23.5 Å². The zero-order valence-corrected chi connectivity index (χ0v) is 31.4. The zero-order valence-electron chi connectivity index (χ0n) is 28.8. The maximum Gasteiger partial charge on any atom is 0.280 e. The van der Waals surface area contributed by atoms with Gasteiger partial charge in [-0.05, 0) is 14.1 Å². The summed E-state index contributed by atoms with van der Waals surface area (Å²) in [6.45, 7) is -0.401. The van der Waals surface area contributed by atoms with Crippen LogP contribution in [0.3, 0.4) is 0 Å². The Bertz CT molecular complexity index is 2070. The summed E-state index contributed by atoms with van der Waals surface area (Å²) in [4.78, 5) is 82.0. The molecule has 3 aromatic heterocycles. The van der Waals surface area contributed by atoms with Crippen LogP contribution in [0.4, 0.5) is 23.4 Å². The number of imidazole rings is 1. The van der Waals surface area contributed by atoms with Crippen LogP contribution in [0.1, 0.15) is 12.6 Å². The Hall–Kier alpha value is -3.36. The summed E-state index contributed by atoms with van der Waals surface area (Å²) in [6, 6.07) is 0. The molecule has 0 spiro atoms. The van der Waals surface area contributed by atoms with Crippen molar-refractivity contribution in [3.8, 4) is 0 Å². The molecule has 2 aliphatic rings. The molecule has 0 aliphatic carbocycles. The number of morpholine rings is 1. The molecule has 2 saturated heterocycles. The number of aliphatic hydroxyl groups excluding tert-OH is 1. The van der Waals surface area contributed by atoms with Gasteiger partial charge in [0.05, 0.1) is 31.7 Å². The van der Waals surface area contributed by atoms with Crippen molar-refractivity contribution in [1.82, 2.24) is 39.3 Å². The maximum absolute atomic E-state index is 12.5. The number of hydrogen-bond acceptors (Lipinski definition) is 24. The SMILES string of the molecule is CNc1c(NC2CN(CCN(C)C)C[C@@H](COP(=O)([O-])OP(=O)([O-])OP(=O)([O-])OCC3OC(n4cnc5c(=O)[nH]c(N)nc54)C[C@@H]3O)O2)nc(N)[nH]c1=O. The lowest BCUT2D eigenvalue weighted by atomic mass is 10.2. The fourth-order valence-electron chi connectivity index (χ4n) is 5.43. The van der Waals surface area contributed by atoms with Crippen LogP contribution in [-0.2, 0) is 40.8 Å². The highest BCUT2D eigenvalue weighted by molar-refractivity contribution is 7.65. The van der Waals surface area contributed by atoms with E-state index in [0.29, 0.717) is 13.1 Å². The molecule has 27 nitrogen and oxygen atoms in total. The van der Waals surface area contributed by atoms with Gasteiger partial charge in [0.2, 0.25) is 11.9 Å². The van der Waals surface area contributed by atoms with E-state index >= 15 is 0 Å². The van der Waals surface area contributed by atoms with Crippen LogP contribution < -0.4 is 47.9 Å². The summed E-state index contributed by atoms with van der Waals surface area (Å²) in [5, 5.41) is 16.0. The van der Waals surface area contributed by atoms with Crippen LogP contribution in [0.2, 0.25) is 0 Å². The van der Waals surface area contributed by atoms with Crippen LogP contribution in [0.25, 0.3) is 11.2 Å². The van der Waals surface area contributed by atoms with Gasteiger partial charge in [0.25, 0.3) is 34.6 Å². The van der Waals surface area contributed by atoms with Gasteiger partial charge in [-0.1, -0.05) is 0 Å². The number of aromatic amines is 2. The van der Waals surface area contributed by atoms with E-state index in [-0.39, 0.29) is 54.1 Å². The van der Waals surface area contributed by atoms with Crippen molar-refractivity contribution in [2.75, 3.05) is 82.6 Å². The lowest BCUT2D eigenvalue weighted by Crippen LogP contribution is -2.53. The number of H-pyrrole nitrogens is 2. The lowest BCUT2D eigenvalue weighted by Gasteiger charge is -2.40. The highest BCUT2D eigenvalue weighted by Crippen LogP contribution is 2.63. The Kier molecular flexibility index (Phi) is 13.0. The lowest BCUT2D eigenvalue weighted by molar-refractivity contribution is -0.253. The fourth-order valence-corrected chi connectivity index (χ4v) is 8.83. The van der Waals surface area contributed by atoms with Crippen molar-refractivity contribution in [1.29, 1.82) is 0 Å². The molecule has 0 radical (unpaired) electrons. The highest BCUT2D eigenvalue weighted by Gasteiger charge is 2.38. The number of fused-ring (bicyclic) bond motifs is 1. The van der Waals surface area contributed by atoms with Gasteiger partial charge in [-0.2, -0.15) is 9.97 Å². The first-order chi connectivity index (χ1) is 25.2. The molecule has 8 atom stereocenters. The second-order valence-electron chi connectivity index (χ2n) is 12.2. The number of rotatable bonds is 17. The zero-order chi connectivity index (χ0) is 39.6. The molecule has 2 aliphatic heterocycles. The van der Waals surface area contributed by atoms with Crippen molar-refractivity contribution in [3.05, 3.63) is 27.0 Å². The monoisotopic (exact) mass is 827 g/mol. The summed E-state index contributed by atoms with van der Waals surface area (Å²) in [5.41, 5.74) is 10.00. The minimum atomic E-state index is -6.23. The molecule has 302 valence electrons. The molecule has 9 N–H and O–H groups in total. The third kappa shape index (κ3) is 10.9. The number of phosphoric ester groups is 2. The molecule has 30 heteroatoms. The van der Waals surface area contributed by atoms with Crippen LogP contribution in [-0.4, -0.2) is 129 Å². The molecule has 0 saturated carbocycles. The van der Waals surface area contributed by atoms with Crippen LogP contribution in [0, 0.1) is 0 Å². The third-order valence-electron chi connectivity index (χ3n) is 7.77. The van der Waals surface area contributed by atoms with Crippen molar-refractivity contribution in [2.45, 2.75) is 37.2 Å². The Morgan fingerprint density at radius 3 is 2.31 bits per heavy atom. The Morgan fingerprint density at radius 1 is 1.00 bits per heavy atom. The number of ether oxygens (including phenoxy) is 2. The van der Waals surface area contributed by atoms with Gasteiger partial charge < -0.3 is 65.3 Å². The number of nitrogens with one attached hydrogen (secondary N) is 4. The predicted molar refractivity (Wildman–Crippen MR) is 180 cm³/mol. The van der Waals surface area contributed by atoms with Crippen molar-refractivity contribution in [3.63, 3.8) is 0 Å². The van der Waals surface area contributed by atoms with Gasteiger partial charge in [0.15, 0.2) is 17.0 Å². The molecule has 54 heavy (non-hydrogen) atoms. The first kappa shape index (κ1) is 41.8. The average molecular weight is 828 g/mol. The number of aliphatic hydroxyl groups is 1. The Labute approximate surface area is 304 Å². The fraction of sp³-hybridized carbons (Fsp3) is 0.625. The number of anilines is 4. The van der Waals surface area contributed by atoms with Gasteiger partial charge in [-0.15, -0.1) is 0 Å². The molecule has 3 aromatic rings. The summed E-state index contributed by atoms with van der Waals surface area (Å²) in [7, 11) is -12.8. The summed E-state index contributed by atoms with van der Waals surface area (Å²) in [6.07, 6.45) is -4.72. The van der Waals surface area contributed by atoms with Crippen molar-refractivity contribution < 1.29 is 60.6 Å². The largest absolute Gasteiger partial charge is 0.756 e. The molecule has 5 heterocycles. The van der Waals surface area contributed by atoms with Gasteiger partial charge in [0.1, 0.15) is 24.2 Å². The number of nitrogen functional groups attached to an aromatic ring is 2. The summed E-state index contributed by atoms with van der Waals surface area (Å²) < 4.78 is 67.2. The van der Waals surface area contributed by atoms with E-state index in [1.54, 1.807) is 0 Å². The quantitative estimate of drug-likeness (QED) is 0.0642. The van der Waals surface area contributed by atoms with Crippen LogP contribution in [0.15, 0.2) is 15.9 Å². The molecular weight excluding hydrogens is 789 g/mol. The molecule has 2 fully saturated rings. The Balaban J connectivity index is 1.16. The highest BCUT2D eigenvalue weighted by atomic mass is 31.3. The summed E-state index contributed by atoms with van der Waals surface area (Å²) in [5.74, 6) is -0.383. The molecule has 0 bridgehead atoms. The van der Waals surface area contributed by atoms with E-state index in [9.17, 15) is 43.1 Å². The van der Waals surface area contributed by atoms with Gasteiger partial charge >= 0.3 is 0 Å². The second-order valence-corrected chi connectivity index (χ2v) is 16.7. The van der Waals surface area contributed by atoms with Gasteiger partial charge in [-0.25, -0.2) is 13.6 Å². The summed E-state index contributed by atoms with van der Waals surface area (Å²) >= 11 is 0. The van der Waals surface area contributed by atoms with E-state index in [1.807, 2.05) is 23.9 Å². The first-order valence-electron chi connectivity index (χ1n) is 15.8. The number of aromatic nitrogens is 6. The van der Waals surface area contributed by atoms with E-state index in [2.05, 4.69) is 48.7 Å². The number of nitrogens with zero attached hydrogens (tertiary/aromatic N) is 6. The smallest absolute Gasteiger partial charge is 0.280 e. The normalized spacial score (nSPS) is 25.7. The third-order valence-corrected chi connectivity index (χ3v) is 11.9. The van der Waals surface area contributed by atoms with E-state index in [0.717, 1.165) is 0 Å². The molecule has 6 unspecified atom stereocenters. The predicted octanol–water partition coefficient (Wildman–Crippen LogP) is -3.77. The molecule has 0 amide bonds. The molecule has 0 aromatic carbocycles. The van der Waals surface area contributed by atoms with E-state index in [1.165, 1.54) is 17.9 Å². The van der Waals surface area contributed by atoms with Gasteiger partial charge in [0, 0.05) is 39.6 Å². The van der Waals surface area contributed by atoms with E-state index < -0.39 is 78.6 Å². The van der Waals surface area contributed by atoms with Gasteiger partial charge in [-0.3, -0.25) is 42.7 Å². The number of likely N-dealkylation sites (N-methyl/N-ethyl adjacent to an activating group) is 1. The number of nitrogens with two attached hydrogens (primary N) is 2. The minimum absolute atomic E-state index is 0.00532. The Morgan fingerprint density at radius 2 is 1.65 bits per heavy atom. The average Bonchev–Trinajstić information content (AvgIpc) is 3.63. The van der Waals surface area contributed by atoms with E-state index in [4.69, 9.17) is 25.5 Å². The molecule has 5 rings (SSSR count). The molecular formula is C24H38N12O15P3-3. The maximum atomic E-state index is 12.5. The number of phosphoric acid groups is 3. The standard InChI is InChI=1S/C24H41N12O15P3/c1-27-17-19(30-23(25)32-21(17)38)29-15-8-35(5-4-34(2)3)7-12(48-15)9-46-52(40,41)50-54(44,45)51-53(42,43)47-10-14-13(37)6-16(49-14)36-11-28-18-20(36)31-24(26)33-22(18)39/h11-16,27,37H,4-10H2,1-3H3,(H,40,41)(H,42,43)(H,44,45)(H3,26,31,33,39)(H4,25,29,30,32,38)/p-3/t12-,13-,14?,15?,16?/m0/s1. The van der Waals surface area contributed by atoms with Crippen LogP contribution in [0.5, 0.6) is 0 Å². The van der Waals surface area contributed by atoms with Crippen molar-refractivity contribution >= 4 is 58.0 Å². The first-order valence-corrected chi connectivity index (χ1v) is 20.2. The minimum Gasteiger partial charge on any atom is -0.756 e.